The zero-order chi connectivity index (χ0) is 12.8. The molecule has 0 heterocycles. The van der Waals surface area contributed by atoms with E-state index >= 15 is 0 Å². The van der Waals surface area contributed by atoms with E-state index in [0.717, 1.165) is 12.8 Å². The third-order valence-corrected chi connectivity index (χ3v) is 3.72. The summed E-state index contributed by atoms with van der Waals surface area (Å²) in [7, 11) is 0. The van der Waals surface area contributed by atoms with Gasteiger partial charge in [-0.2, -0.15) is 0 Å². The Bertz CT molecular complexity index is 343. The maximum Gasteiger partial charge on any atom is 0.0323 e. The molecule has 2 N–H and O–H groups in total. The van der Waals surface area contributed by atoms with Crippen molar-refractivity contribution in [3.05, 3.63) is 34.9 Å². The molecule has 1 heteroatoms. The van der Waals surface area contributed by atoms with Gasteiger partial charge in [-0.15, -0.1) is 0 Å². The van der Waals surface area contributed by atoms with Crippen molar-refractivity contribution >= 4 is 0 Å². The summed E-state index contributed by atoms with van der Waals surface area (Å²) in [4.78, 5) is 0. The number of aryl methyl sites for hydroxylation is 2. The fourth-order valence-electron chi connectivity index (χ4n) is 2.44. The lowest BCUT2D eigenvalue weighted by Crippen LogP contribution is -2.20. The van der Waals surface area contributed by atoms with Crippen molar-refractivity contribution in [2.24, 2.45) is 11.7 Å². The second-order valence-corrected chi connectivity index (χ2v) is 5.03. The van der Waals surface area contributed by atoms with Crippen LogP contribution in [-0.4, -0.2) is 0 Å². The molecule has 0 radical (unpaired) electrons. The van der Waals surface area contributed by atoms with Crippen LogP contribution in [0, 0.1) is 5.92 Å². The quantitative estimate of drug-likeness (QED) is 0.781. The molecule has 0 amide bonds. The first kappa shape index (κ1) is 14.2. The van der Waals surface area contributed by atoms with Crippen LogP contribution in [0.25, 0.3) is 0 Å². The van der Waals surface area contributed by atoms with E-state index in [1.165, 1.54) is 29.5 Å². The first-order valence-corrected chi connectivity index (χ1v) is 7.01. The molecule has 0 aliphatic rings. The molecule has 0 fully saturated rings. The SMILES string of the molecule is CCCC(C)C(N)c1cc(CC)ccc1CC. The highest BCUT2D eigenvalue weighted by atomic mass is 14.6. The van der Waals surface area contributed by atoms with E-state index in [4.69, 9.17) is 5.73 Å². The van der Waals surface area contributed by atoms with Crippen LogP contribution >= 0.6 is 0 Å². The Labute approximate surface area is 106 Å². The molecule has 96 valence electrons. The molecule has 1 rings (SSSR count). The van der Waals surface area contributed by atoms with Crippen LogP contribution in [0.3, 0.4) is 0 Å². The van der Waals surface area contributed by atoms with Crippen molar-refractivity contribution < 1.29 is 0 Å². The van der Waals surface area contributed by atoms with Crippen molar-refractivity contribution in [1.82, 2.24) is 0 Å². The van der Waals surface area contributed by atoms with E-state index in [-0.39, 0.29) is 6.04 Å². The molecule has 0 bridgehead atoms. The van der Waals surface area contributed by atoms with Crippen molar-refractivity contribution in [3.63, 3.8) is 0 Å². The summed E-state index contributed by atoms with van der Waals surface area (Å²) in [5.74, 6) is 0.567. The fourth-order valence-corrected chi connectivity index (χ4v) is 2.44. The van der Waals surface area contributed by atoms with Gasteiger partial charge in [-0.3, -0.25) is 0 Å². The zero-order valence-corrected chi connectivity index (χ0v) is 11.8. The smallest absolute Gasteiger partial charge is 0.0323 e. The Balaban J connectivity index is 3.00. The molecule has 0 spiro atoms. The van der Waals surface area contributed by atoms with Crippen LogP contribution in [0.15, 0.2) is 18.2 Å². The van der Waals surface area contributed by atoms with Crippen LogP contribution in [0.2, 0.25) is 0 Å². The van der Waals surface area contributed by atoms with Gasteiger partial charge in [-0.1, -0.05) is 52.3 Å². The van der Waals surface area contributed by atoms with Crippen molar-refractivity contribution in [2.45, 2.75) is 59.4 Å². The highest BCUT2D eigenvalue weighted by Crippen LogP contribution is 2.27. The molecule has 0 aromatic heterocycles. The zero-order valence-electron chi connectivity index (χ0n) is 11.8. The second kappa shape index (κ2) is 6.80. The average molecular weight is 233 g/mol. The van der Waals surface area contributed by atoms with Gasteiger partial charge in [0, 0.05) is 6.04 Å². The molecular formula is C16H27N. The largest absolute Gasteiger partial charge is 0.324 e. The molecule has 0 aliphatic carbocycles. The van der Waals surface area contributed by atoms with Gasteiger partial charge in [-0.05, 0) is 41.9 Å². The topological polar surface area (TPSA) is 26.0 Å². The molecule has 1 nitrogen and oxygen atoms in total. The van der Waals surface area contributed by atoms with E-state index in [2.05, 4.69) is 45.9 Å². The number of nitrogens with two attached hydrogens (primary N) is 1. The highest BCUT2D eigenvalue weighted by Gasteiger charge is 2.17. The van der Waals surface area contributed by atoms with Crippen LogP contribution < -0.4 is 5.73 Å². The number of hydrogen-bond donors (Lipinski definition) is 1. The van der Waals surface area contributed by atoms with Crippen LogP contribution in [0.4, 0.5) is 0 Å². The van der Waals surface area contributed by atoms with Crippen LogP contribution in [0.1, 0.15) is 63.3 Å². The monoisotopic (exact) mass is 233 g/mol. The Morgan fingerprint density at radius 3 is 2.35 bits per heavy atom. The van der Waals surface area contributed by atoms with Gasteiger partial charge in [0.05, 0.1) is 0 Å². The van der Waals surface area contributed by atoms with Crippen molar-refractivity contribution in [2.75, 3.05) is 0 Å². The first-order chi connectivity index (χ1) is 8.13. The molecule has 0 saturated carbocycles. The highest BCUT2D eigenvalue weighted by molar-refractivity contribution is 5.34. The Morgan fingerprint density at radius 1 is 1.12 bits per heavy atom. The molecule has 2 atom stereocenters. The lowest BCUT2D eigenvalue weighted by Gasteiger charge is -2.23. The Hall–Kier alpha value is -0.820. The van der Waals surface area contributed by atoms with Gasteiger partial charge in [0.2, 0.25) is 0 Å². The predicted octanol–water partition coefficient (Wildman–Crippen LogP) is 4.25. The summed E-state index contributed by atoms with van der Waals surface area (Å²) < 4.78 is 0. The Morgan fingerprint density at radius 2 is 1.82 bits per heavy atom. The van der Waals surface area contributed by atoms with E-state index in [1.807, 2.05) is 0 Å². The maximum absolute atomic E-state index is 6.42. The van der Waals surface area contributed by atoms with Crippen molar-refractivity contribution in [3.8, 4) is 0 Å². The molecule has 17 heavy (non-hydrogen) atoms. The summed E-state index contributed by atoms with van der Waals surface area (Å²) in [6.45, 7) is 8.91. The van der Waals surface area contributed by atoms with Gasteiger partial charge < -0.3 is 5.73 Å². The number of rotatable bonds is 6. The standard InChI is InChI=1S/C16H27N/c1-5-8-12(4)16(17)15-11-13(6-2)9-10-14(15)7-3/h9-12,16H,5-8,17H2,1-4H3. The predicted molar refractivity (Wildman–Crippen MR) is 76.2 cm³/mol. The van der Waals surface area contributed by atoms with Gasteiger partial charge in [0.1, 0.15) is 0 Å². The van der Waals surface area contributed by atoms with E-state index < -0.39 is 0 Å². The third kappa shape index (κ3) is 3.57. The molecular weight excluding hydrogens is 206 g/mol. The normalized spacial score (nSPS) is 14.6. The summed E-state index contributed by atoms with van der Waals surface area (Å²) >= 11 is 0. The Kier molecular flexibility index (Phi) is 5.70. The van der Waals surface area contributed by atoms with Crippen LogP contribution in [-0.2, 0) is 12.8 Å². The summed E-state index contributed by atoms with van der Waals surface area (Å²) in [6, 6.07) is 7.00. The minimum absolute atomic E-state index is 0.191. The van der Waals surface area contributed by atoms with E-state index in [0.29, 0.717) is 5.92 Å². The number of hydrogen-bond acceptors (Lipinski definition) is 1. The molecule has 1 aromatic rings. The van der Waals surface area contributed by atoms with Gasteiger partial charge >= 0.3 is 0 Å². The summed E-state index contributed by atoms with van der Waals surface area (Å²) in [5, 5.41) is 0. The summed E-state index contributed by atoms with van der Waals surface area (Å²) in [6.07, 6.45) is 4.59. The van der Waals surface area contributed by atoms with Gasteiger partial charge in [0.25, 0.3) is 0 Å². The van der Waals surface area contributed by atoms with Crippen molar-refractivity contribution in [1.29, 1.82) is 0 Å². The summed E-state index contributed by atoms with van der Waals surface area (Å²) in [5.41, 5.74) is 10.6. The van der Waals surface area contributed by atoms with E-state index in [9.17, 15) is 0 Å². The second-order valence-electron chi connectivity index (χ2n) is 5.03. The van der Waals surface area contributed by atoms with Gasteiger partial charge in [-0.25, -0.2) is 0 Å². The molecule has 2 unspecified atom stereocenters. The molecule has 0 aliphatic heterocycles. The molecule has 1 aromatic carbocycles. The molecule has 0 saturated heterocycles. The fraction of sp³-hybridized carbons (Fsp3) is 0.625. The first-order valence-electron chi connectivity index (χ1n) is 7.01. The lowest BCUT2D eigenvalue weighted by molar-refractivity contribution is 0.431. The third-order valence-electron chi connectivity index (χ3n) is 3.72. The minimum atomic E-state index is 0.191. The average Bonchev–Trinajstić information content (AvgIpc) is 2.37. The number of benzene rings is 1. The maximum atomic E-state index is 6.42. The lowest BCUT2D eigenvalue weighted by atomic mass is 9.87. The van der Waals surface area contributed by atoms with Gasteiger partial charge in [0.15, 0.2) is 0 Å². The van der Waals surface area contributed by atoms with E-state index in [1.54, 1.807) is 0 Å². The minimum Gasteiger partial charge on any atom is -0.324 e. The van der Waals surface area contributed by atoms with Crippen LogP contribution in [0.5, 0.6) is 0 Å².